The zero-order valence-corrected chi connectivity index (χ0v) is 14.8. The van der Waals surface area contributed by atoms with Crippen molar-refractivity contribution in [1.29, 1.82) is 0 Å². The first-order valence-electron chi connectivity index (χ1n) is 7.95. The summed E-state index contributed by atoms with van der Waals surface area (Å²) >= 11 is 0. The van der Waals surface area contributed by atoms with Gasteiger partial charge >= 0.3 is 12.0 Å². The van der Waals surface area contributed by atoms with Crippen molar-refractivity contribution in [3.63, 3.8) is 0 Å². The Morgan fingerprint density at radius 3 is 2.52 bits per heavy atom. The number of ether oxygens (including phenoxy) is 3. The van der Waals surface area contributed by atoms with E-state index in [0.29, 0.717) is 11.3 Å². The molecule has 152 valence electrons. The van der Waals surface area contributed by atoms with Gasteiger partial charge in [0.15, 0.2) is 12.6 Å². The molecule has 0 aliphatic rings. The molecule has 0 fully saturated rings. The minimum Gasteiger partial charge on any atom is -0.460 e. The Labute approximate surface area is 161 Å². The zero-order valence-electron chi connectivity index (χ0n) is 14.8. The van der Waals surface area contributed by atoms with Gasteiger partial charge in [-0.1, -0.05) is 0 Å². The van der Waals surface area contributed by atoms with Crippen molar-refractivity contribution in [3.05, 3.63) is 58.9 Å². The van der Waals surface area contributed by atoms with Gasteiger partial charge in [0.05, 0.1) is 10.6 Å². The molecule has 0 saturated heterocycles. The Hall–Kier alpha value is -3.67. The van der Waals surface area contributed by atoms with Gasteiger partial charge in [-0.3, -0.25) is 10.1 Å². The molecule has 0 aliphatic carbocycles. The van der Waals surface area contributed by atoms with Gasteiger partial charge in [-0.25, -0.2) is 9.67 Å². The van der Waals surface area contributed by atoms with Gasteiger partial charge in [-0.05, 0) is 36.4 Å². The number of benzene rings is 2. The predicted octanol–water partition coefficient (Wildman–Crippen LogP) is 3.72. The van der Waals surface area contributed by atoms with Crippen LogP contribution in [0.15, 0.2) is 48.8 Å². The Balaban J connectivity index is 1.85. The molecule has 2 aromatic carbocycles. The molecule has 1 heterocycles. The molecule has 3 aromatic rings. The number of methoxy groups -OCH3 is 1. The molecule has 9 nitrogen and oxygen atoms in total. The van der Waals surface area contributed by atoms with Crippen LogP contribution in [0.25, 0.3) is 17.1 Å². The maximum Gasteiger partial charge on any atom is 0.573 e. The van der Waals surface area contributed by atoms with Crippen molar-refractivity contribution < 1.29 is 32.3 Å². The van der Waals surface area contributed by atoms with Crippen LogP contribution in [-0.2, 0) is 4.74 Å². The fourth-order valence-corrected chi connectivity index (χ4v) is 2.36. The van der Waals surface area contributed by atoms with E-state index in [9.17, 15) is 23.3 Å². The van der Waals surface area contributed by atoms with Gasteiger partial charge in [0, 0.05) is 18.7 Å². The first-order chi connectivity index (χ1) is 13.8. The number of hydrogen-bond acceptors (Lipinski definition) is 7. The molecule has 0 spiro atoms. The lowest BCUT2D eigenvalue weighted by atomic mass is 10.2. The maximum atomic E-state index is 12.2. The highest BCUT2D eigenvalue weighted by atomic mass is 19.4. The summed E-state index contributed by atoms with van der Waals surface area (Å²) in [4.78, 5) is 14.6. The number of halogens is 3. The minimum absolute atomic E-state index is 0.0145. The topological polar surface area (TPSA) is 102 Å². The Bertz CT molecular complexity index is 1010. The standard InChI is InChI=1S/C17H13F3N4O5/c1-27-10-28-15-8-11(2-7-14(15)24(25)26)16-21-9-23(22-16)12-3-5-13(6-4-12)29-17(18,19)20/h2-9H,10H2,1H3. The van der Waals surface area contributed by atoms with Gasteiger partial charge in [0.2, 0.25) is 5.75 Å². The van der Waals surface area contributed by atoms with E-state index in [1.807, 2.05) is 0 Å². The van der Waals surface area contributed by atoms with Gasteiger partial charge in [0.25, 0.3) is 0 Å². The second-order valence-corrected chi connectivity index (χ2v) is 5.54. The fourth-order valence-electron chi connectivity index (χ4n) is 2.36. The zero-order chi connectivity index (χ0) is 21.0. The summed E-state index contributed by atoms with van der Waals surface area (Å²) in [6, 6.07) is 9.16. The van der Waals surface area contributed by atoms with Gasteiger partial charge in [0.1, 0.15) is 12.1 Å². The number of alkyl halides is 3. The molecule has 0 unspecified atom stereocenters. The third kappa shape index (κ3) is 4.99. The molecule has 0 bridgehead atoms. The highest BCUT2D eigenvalue weighted by molar-refractivity contribution is 5.63. The van der Waals surface area contributed by atoms with E-state index in [-0.39, 0.29) is 29.8 Å². The van der Waals surface area contributed by atoms with E-state index in [2.05, 4.69) is 14.8 Å². The molecular weight excluding hydrogens is 397 g/mol. The van der Waals surface area contributed by atoms with Crippen LogP contribution < -0.4 is 9.47 Å². The Morgan fingerprint density at radius 1 is 1.17 bits per heavy atom. The van der Waals surface area contributed by atoms with Crippen LogP contribution in [0.5, 0.6) is 11.5 Å². The van der Waals surface area contributed by atoms with Crippen molar-refractivity contribution in [2.75, 3.05) is 13.9 Å². The number of rotatable bonds is 7. The molecule has 0 N–H and O–H groups in total. The van der Waals surface area contributed by atoms with Crippen LogP contribution in [0.2, 0.25) is 0 Å². The molecule has 0 amide bonds. The summed E-state index contributed by atoms with van der Waals surface area (Å²) in [5, 5.41) is 15.3. The third-order valence-corrected chi connectivity index (χ3v) is 3.57. The molecule has 0 aliphatic heterocycles. The van der Waals surface area contributed by atoms with Crippen molar-refractivity contribution in [3.8, 4) is 28.6 Å². The van der Waals surface area contributed by atoms with Crippen LogP contribution in [0, 0.1) is 10.1 Å². The van der Waals surface area contributed by atoms with Crippen molar-refractivity contribution >= 4 is 5.69 Å². The van der Waals surface area contributed by atoms with E-state index in [4.69, 9.17) is 9.47 Å². The monoisotopic (exact) mass is 410 g/mol. The molecule has 29 heavy (non-hydrogen) atoms. The van der Waals surface area contributed by atoms with Crippen LogP contribution in [0.4, 0.5) is 18.9 Å². The van der Waals surface area contributed by atoms with E-state index >= 15 is 0 Å². The first-order valence-corrected chi connectivity index (χ1v) is 7.95. The lowest BCUT2D eigenvalue weighted by molar-refractivity contribution is -0.386. The lowest BCUT2D eigenvalue weighted by Gasteiger charge is -2.09. The largest absolute Gasteiger partial charge is 0.573 e. The van der Waals surface area contributed by atoms with E-state index in [1.54, 1.807) is 0 Å². The molecule has 3 rings (SSSR count). The maximum absolute atomic E-state index is 12.2. The van der Waals surface area contributed by atoms with E-state index in [1.165, 1.54) is 48.5 Å². The predicted molar refractivity (Wildman–Crippen MR) is 92.6 cm³/mol. The minimum atomic E-state index is -4.78. The number of nitro groups is 1. The molecular formula is C17H13F3N4O5. The lowest BCUT2D eigenvalue weighted by Crippen LogP contribution is -2.17. The Morgan fingerprint density at radius 2 is 1.90 bits per heavy atom. The summed E-state index contributed by atoms with van der Waals surface area (Å²) in [6.07, 6.45) is -3.42. The number of nitrogens with zero attached hydrogens (tertiary/aromatic N) is 4. The molecule has 0 saturated carbocycles. The van der Waals surface area contributed by atoms with Crippen LogP contribution in [0.1, 0.15) is 0 Å². The fraction of sp³-hybridized carbons (Fsp3) is 0.176. The summed E-state index contributed by atoms with van der Waals surface area (Å²) < 4.78 is 51.8. The Kier molecular flexibility index (Phi) is 5.64. The summed E-state index contributed by atoms with van der Waals surface area (Å²) in [6.45, 7) is -0.182. The van der Waals surface area contributed by atoms with Gasteiger partial charge in [-0.2, -0.15) is 0 Å². The second-order valence-electron chi connectivity index (χ2n) is 5.54. The molecule has 12 heteroatoms. The highest BCUT2D eigenvalue weighted by Gasteiger charge is 2.31. The van der Waals surface area contributed by atoms with E-state index in [0.717, 1.165) is 12.1 Å². The normalized spacial score (nSPS) is 11.3. The molecule has 0 atom stereocenters. The van der Waals surface area contributed by atoms with Crippen LogP contribution >= 0.6 is 0 Å². The first kappa shape index (κ1) is 20.1. The van der Waals surface area contributed by atoms with Crippen molar-refractivity contribution in [2.45, 2.75) is 6.36 Å². The van der Waals surface area contributed by atoms with Crippen molar-refractivity contribution in [2.24, 2.45) is 0 Å². The number of nitro benzene ring substituents is 1. The van der Waals surface area contributed by atoms with Crippen molar-refractivity contribution in [1.82, 2.24) is 14.8 Å². The third-order valence-electron chi connectivity index (χ3n) is 3.57. The summed E-state index contributed by atoms with van der Waals surface area (Å²) in [5.41, 5.74) is 0.638. The summed E-state index contributed by atoms with van der Waals surface area (Å²) in [7, 11) is 1.38. The quantitative estimate of drug-likeness (QED) is 0.332. The molecule has 1 aromatic heterocycles. The van der Waals surface area contributed by atoms with Gasteiger partial charge < -0.3 is 14.2 Å². The SMILES string of the molecule is COCOc1cc(-c2ncn(-c3ccc(OC(F)(F)F)cc3)n2)ccc1[N+](=O)[O-]. The average molecular weight is 410 g/mol. The number of aromatic nitrogens is 3. The molecule has 0 radical (unpaired) electrons. The van der Waals surface area contributed by atoms with E-state index < -0.39 is 11.3 Å². The van der Waals surface area contributed by atoms with Crippen LogP contribution in [-0.4, -0.2) is 40.0 Å². The van der Waals surface area contributed by atoms with Crippen LogP contribution in [0.3, 0.4) is 0 Å². The number of hydrogen-bond donors (Lipinski definition) is 0. The highest BCUT2D eigenvalue weighted by Crippen LogP contribution is 2.31. The van der Waals surface area contributed by atoms with Gasteiger partial charge in [-0.15, -0.1) is 18.3 Å². The summed E-state index contributed by atoms with van der Waals surface area (Å²) in [5.74, 6) is -0.144. The smallest absolute Gasteiger partial charge is 0.460 e. The average Bonchev–Trinajstić information content (AvgIpc) is 3.15. The second kappa shape index (κ2) is 8.14.